The van der Waals surface area contributed by atoms with Crippen molar-refractivity contribution in [1.82, 2.24) is 15.7 Å². The van der Waals surface area contributed by atoms with Crippen molar-refractivity contribution in [3.05, 3.63) is 35.4 Å². The SMILES string of the molecule is CC(C)C(=Nc1cc(-c2ccccc2Cl)[nH]n1)NO. The average Bonchev–Trinajstić information content (AvgIpc) is 2.84. The van der Waals surface area contributed by atoms with Crippen LogP contribution < -0.4 is 5.48 Å². The lowest BCUT2D eigenvalue weighted by molar-refractivity contribution is 0.228. The Hall–Kier alpha value is -1.85. The van der Waals surface area contributed by atoms with Crippen molar-refractivity contribution in [2.45, 2.75) is 13.8 Å². The Kier molecular flexibility index (Phi) is 4.19. The van der Waals surface area contributed by atoms with E-state index in [2.05, 4.69) is 20.7 Å². The molecule has 1 aromatic carbocycles. The number of amidine groups is 1. The summed E-state index contributed by atoms with van der Waals surface area (Å²) in [4.78, 5) is 4.22. The van der Waals surface area contributed by atoms with Crippen LogP contribution in [0.5, 0.6) is 0 Å². The number of hydroxylamine groups is 1. The number of aromatic amines is 1. The molecule has 0 radical (unpaired) electrons. The number of hydrogen-bond acceptors (Lipinski definition) is 3. The van der Waals surface area contributed by atoms with Crippen molar-refractivity contribution in [3.8, 4) is 11.3 Å². The number of halogens is 1. The predicted molar refractivity (Wildman–Crippen MR) is 75.9 cm³/mol. The van der Waals surface area contributed by atoms with E-state index in [1.807, 2.05) is 38.1 Å². The molecule has 0 spiro atoms. The minimum atomic E-state index is 0.0745. The van der Waals surface area contributed by atoms with Crippen LogP contribution in [0.3, 0.4) is 0 Å². The van der Waals surface area contributed by atoms with E-state index in [0.29, 0.717) is 16.7 Å². The maximum atomic E-state index is 8.99. The molecule has 0 fully saturated rings. The molecule has 19 heavy (non-hydrogen) atoms. The van der Waals surface area contributed by atoms with Gasteiger partial charge < -0.3 is 0 Å². The maximum Gasteiger partial charge on any atom is 0.176 e. The third-order valence-corrected chi connectivity index (χ3v) is 2.95. The molecule has 5 nitrogen and oxygen atoms in total. The summed E-state index contributed by atoms with van der Waals surface area (Å²) < 4.78 is 0. The molecule has 1 aromatic heterocycles. The second-order valence-corrected chi connectivity index (χ2v) is 4.79. The third kappa shape index (κ3) is 3.13. The maximum absolute atomic E-state index is 8.99. The van der Waals surface area contributed by atoms with Crippen LogP contribution in [0.1, 0.15) is 13.8 Å². The quantitative estimate of drug-likeness (QED) is 0.458. The van der Waals surface area contributed by atoms with E-state index in [4.69, 9.17) is 16.8 Å². The van der Waals surface area contributed by atoms with Crippen LogP contribution in [0.25, 0.3) is 11.3 Å². The van der Waals surface area contributed by atoms with Gasteiger partial charge in [0, 0.05) is 22.6 Å². The Morgan fingerprint density at radius 3 is 2.79 bits per heavy atom. The van der Waals surface area contributed by atoms with Crippen LogP contribution >= 0.6 is 11.6 Å². The van der Waals surface area contributed by atoms with Gasteiger partial charge in [-0.1, -0.05) is 43.6 Å². The second kappa shape index (κ2) is 5.86. The summed E-state index contributed by atoms with van der Waals surface area (Å²) in [5.41, 5.74) is 3.73. The molecule has 3 N–H and O–H groups in total. The zero-order valence-electron chi connectivity index (χ0n) is 10.7. The number of benzene rings is 1. The van der Waals surface area contributed by atoms with Crippen LogP contribution in [0, 0.1) is 5.92 Å². The molecular weight excluding hydrogens is 264 g/mol. The zero-order chi connectivity index (χ0) is 13.8. The summed E-state index contributed by atoms with van der Waals surface area (Å²) in [5, 5.41) is 16.6. The van der Waals surface area contributed by atoms with Crippen LogP contribution in [-0.2, 0) is 0 Å². The van der Waals surface area contributed by atoms with Crippen molar-refractivity contribution >= 4 is 23.3 Å². The number of rotatable bonds is 3. The highest BCUT2D eigenvalue weighted by Crippen LogP contribution is 2.28. The Morgan fingerprint density at radius 1 is 1.42 bits per heavy atom. The van der Waals surface area contributed by atoms with Gasteiger partial charge in [-0.05, 0) is 6.07 Å². The van der Waals surface area contributed by atoms with Crippen LogP contribution in [-0.4, -0.2) is 21.2 Å². The number of aliphatic imine (C=N–C) groups is 1. The van der Waals surface area contributed by atoms with Crippen molar-refractivity contribution in [2.75, 3.05) is 0 Å². The standard InChI is InChI=1S/C13H15ClN4O/c1-8(2)13(18-19)15-12-7-11(16-17-12)9-5-3-4-6-10(9)14/h3-8,19H,1-2H3,(H2,15,16,17,18). The van der Waals surface area contributed by atoms with Gasteiger partial charge in [0.2, 0.25) is 0 Å². The van der Waals surface area contributed by atoms with Crippen molar-refractivity contribution in [3.63, 3.8) is 0 Å². The van der Waals surface area contributed by atoms with Gasteiger partial charge in [-0.2, -0.15) is 5.10 Å². The molecule has 0 atom stereocenters. The molecule has 0 unspecified atom stereocenters. The first-order chi connectivity index (χ1) is 9.11. The first-order valence-corrected chi connectivity index (χ1v) is 6.28. The molecule has 0 aliphatic carbocycles. The highest BCUT2D eigenvalue weighted by Gasteiger charge is 2.08. The Balaban J connectivity index is 2.32. The van der Waals surface area contributed by atoms with E-state index in [-0.39, 0.29) is 5.92 Å². The summed E-state index contributed by atoms with van der Waals surface area (Å²) in [6.07, 6.45) is 0. The van der Waals surface area contributed by atoms with Gasteiger partial charge in [0.15, 0.2) is 5.82 Å². The first kappa shape index (κ1) is 13.6. The summed E-state index contributed by atoms with van der Waals surface area (Å²) in [6.45, 7) is 3.84. The molecule has 0 aliphatic heterocycles. The van der Waals surface area contributed by atoms with E-state index in [0.717, 1.165) is 11.3 Å². The summed E-state index contributed by atoms with van der Waals surface area (Å²) >= 11 is 6.12. The van der Waals surface area contributed by atoms with E-state index >= 15 is 0 Å². The Labute approximate surface area is 116 Å². The monoisotopic (exact) mass is 278 g/mol. The second-order valence-electron chi connectivity index (χ2n) is 4.38. The highest BCUT2D eigenvalue weighted by atomic mass is 35.5. The number of hydrogen-bond donors (Lipinski definition) is 3. The molecular formula is C13H15ClN4O. The molecule has 0 amide bonds. The molecule has 100 valence electrons. The Morgan fingerprint density at radius 2 is 2.16 bits per heavy atom. The topological polar surface area (TPSA) is 73.3 Å². The lowest BCUT2D eigenvalue weighted by atomic mass is 10.1. The molecule has 0 aliphatic rings. The molecule has 2 rings (SSSR count). The average molecular weight is 279 g/mol. The Bertz CT molecular complexity index is 592. The summed E-state index contributed by atoms with van der Waals surface area (Å²) in [6, 6.07) is 9.26. The fraction of sp³-hybridized carbons (Fsp3) is 0.231. The van der Waals surface area contributed by atoms with Gasteiger partial charge in [-0.25, -0.2) is 4.99 Å². The van der Waals surface area contributed by atoms with Gasteiger partial charge in [0.05, 0.1) is 5.69 Å². The fourth-order valence-electron chi connectivity index (χ4n) is 1.59. The van der Waals surface area contributed by atoms with E-state index in [1.165, 1.54) is 0 Å². The van der Waals surface area contributed by atoms with Gasteiger partial charge in [0.1, 0.15) is 5.84 Å². The summed E-state index contributed by atoms with van der Waals surface area (Å²) in [7, 11) is 0. The number of nitrogens with zero attached hydrogens (tertiary/aromatic N) is 2. The minimum absolute atomic E-state index is 0.0745. The van der Waals surface area contributed by atoms with E-state index in [9.17, 15) is 0 Å². The molecule has 2 aromatic rings. The highest BCUT2D eigenvalue weighted by molar-refractivity contribution is 6.33. The number of H-pyrrole nitrogens is 1. The predicted octanol–water partition coefficient (Wildman–Crippen LogP) is 3.39. The van der Waals surface area contributed by atoms with Crippen LogP contribution in [0.4, 0.5) is 5.82 Å². The van der Waals surface area contributed by atoms with E-state index < -0.39 is 0 Å². The van der Waals surface area contributed by atoms with E-state index in [1.54, 1.807) is 6.07 Å². The zero-order valence-corrected chi connectivity index (χ0v) is 11.4. The molecule has 0 bridgehead atoms. The van der Waals surface area contributed by atoms with Gasteiger partial charge >= 0.3 is 0 Å². The van der Waals surface area contributed by atoms with Crippen LogP contribution in [0.15, 0.2) is 35.3 Å². The minimum Gasteiger partial charge on any atom is -0.290 e. The largest absolute Gasteiger partial charge is 0.290 e. The molecule has 0 saturated carbocycles. The van der Waals surface area contributed by atoms with Crippen molar-refractivity contribution < 1.29 is 5.21 Å². The lowest BCUT2D eigenvalue weighted by Gasteiger charge is -2.05. The molecule has 6 heteroatoms. The first-order valence-electron chi connectivity index (χ1n) is 5.91. The fourth-order valence-corrected chi connectivity index (χ4v) is 1.83. The number of nitrogens with one attached hydrogen (secondary N) is 2. The lowest BCUT2D eigenvalue weighted by Crippen LogP contribution is -2.24. The molecule has 1 heterocycles. The normalized spacial score (nSPS) is 11.9. The van der Waals surface area contributed by atoms with Gasteiger partial charge in [0.25, 0.3) is 0 Å². The van der Waals surface area contributed by atoms with Crippen molar-refractivity contribution in [1.29, 1.82) is 0 Å². The van der Waals surface area contributed by atoms with Crippen molar-refractivity contribution in [2.24, 2.45) is 10.9 Å². The van der Waals surface area contributed by atoms with Crippen LogP contribution in [0.2, 0.25) is 5.02 Å². The third-order valence-electron chi connectivity index (χ3n) is 2.62. The number of aromatic nitrogens is 2. The summed E-state index contributed by atoms with van der Waals surface area (Å²) in [5.74, 6) is 1.02. The smallest absolute Gasteiger partial charge is 0.176 e. The molecule has 0 saturated heterocycles. The van der Waals surface area contributed by atoms with Gasteiger partial charge in [-0.3, -0.25) is 15.8 Å². The van der Waals surface area contributed by atoms with Gasteiger partial charge in [-0.15, -0.1) is 0 Å².